The molecule has 116 valence electrons. The lowest BCUT2D eigenvalue weighted by atomic mass is 10.1. The van der Waals surface area contributed by atoms with E-state index in [9.17, 15) is 17.6 Å². The highest BCUT2D eigenvalue weighted by molar-refractivity contribution is 5.74. The summed E-state index contributed by atoms with van der Waals surface area (Å²) in [5.74, 6) is -0.727. The Labute approximate surface area is 116 Å². The largest absolute Gasteiger partial charge is 0.410 e. The maximum atomic E-state index is 13.7. The highest BCUT2D eigenvalue weighted by atomic mass is 19.4. The van der Waals surface area contributed by atoms with Crippen LogP contribution in [0.2, 0.25) is 0 Å². The summed E-state index contributed by atoms with van der Waals surface area (Å²) in [5.41, 5.74) is 0. The Balaban J connectivity index is 2.24. The maximum Gasteiger partial charge on any atom is 0.410 e. The van der Waals surface area contributed by atoms with Crippen LogP contribution in [0.15, 0.2) is 5.10 Å². The van der Waals surface area contributed by atoms with Crippen LogP contribution in [0.1, 0.15) is 51.4 Å². The molecule has 2 aliphatic rings. The number of halogens is 4. The van der Waals surface area contributed by atoms with Crippen LogP contribution in [0.4, 0.5) is 17.6 Å². The van der Waals surface area contributed by atoms with Crippen molar-refractivity contribution in [3.8, 4) is 0 Å². The van der Waals surface area contributed by atoms with E-state index in [4.69, 9.17) is 4.74 Å². The molecule has 3 nitrogen and oxygen atoms in total. The highest BCUT2D eigenvalue weighted by Crippen LogP contribution is 2.33. The third-order valence-corrected chi connectivity index (χ3v) is 3.73. The summed E-state index contributed by atoms with van der Waals surface area (Å²) in [6.45, 7) is 0.406. The van der Waals surface area contributed by atoms with Crippen molar-refractivity contribution in [1.29, 1.82) is 0 Å². The molecule has 2 unspecified atom stereocenters. The van der Waals surface area contributed by atoms with Crippen LogP contribution in [0, 0.1) is 0 Å². The van der Waals surface area contributed by atoms with Crippen molar-refractivity contribution in [2.75, 3.05) is 6.61 Å². The van der Waals surface area contributed by atoms with E-state index in [0.717, 1.165) is 17.9 Å². The second-order valence-electron chi connectivity index (χ2n) is 5.33. The van der Waals surface area contributed by atoms with Crippen LogP contribution in [0.5, 0.6) is 0 Å². The van der Waals surface area contributed by atoms with Gasteiger partial charge in [-0.2, -0.15) is 17.6 Å². The molecule has 0 bridgehead atoms. The normalized spacial score (nSPS) is 32.8. The molecule has 2 heterocycles. The molecule has 1 saturated heterocycles. The zero-order chi connectivity index (χ0) is 14.6. The SMILES string of the molecule is F/C1=N/N(C2CCCCO2)C(C(F)(F)F)CCCCC1. The summed E-state index contributed by atoms with van der Waals surface area (Å²) in [4.78, 5) is 0. The molecule has 0 aliphatic carbocycles. The van der Waals surface area contributed by atoms with Crippen LogP contribution in [-0.2, 0) is 4.74 Å². The maximum absolute atomic E-state index is 13.7. The van der Waals surface area contributed by atoms with Crippen molar-refractivity contribution in [2.45, 2.75) is 69.8 Å². The molecule has 2 aliphatic heterocycles. The first kappa shape index (κ1) is 15.5. The molecule has 0 amide bonds. The van der Waals surface area contributed by atoms with Gasteiger partial charge in [0, 0.05) is 13.0 Å². The lowest BCUT2D eigenvalue weighted by molar-refractivity contribution is -0.220. The number of hydrogen-bond donors (Lipinski definition) is 0. The van der Waals surface area contributed by atoms with Crippen LogP contribution >= 0.6 is 0 Å². The average molecular weight is 296 g/mol. The van der Waals surface area contributed by atoms with Crippen LogP contribution in [0.25, 0.3) is 0 Å². The number of hydrogen-bond acceptors (Lipinski definition) is 3. The van der Waals surface area contributed by atoms with Gasteiger partial charge in [-0.25, -0.2) is 0 Å². The van der Waals surface area contributed by atoms with Gasteiger partial charge in [-0.05, 0) is 32.1 Å². The molecule has 0 aromatic heterocycles. The summed E-state index contributed by atoms with van der Waals surface area (Å²) >= 11 is 0. The Hall–Kier alpha value is -0.850. The summed E-state index contributed by atoms with van der Waals surface area (Å²) in [6.07, 6.45) is -1.51. The van der Waals surface area contributed by atoms with Crippen molar-refractivity contribution in [1.82, 2.24) is 5.01 Å². The van der Waals surface area contributed by atoms with Crippen LogP contribution < -0.4 is 0 Å². The fraction of sp³-hybridized carbons (Fsp3) is 0.923. The minimum Gasteiger partial charge on any atom is -0.357 e. The lowest BCUT2D eigenvalue weighted by Crippen LogP contribution is -2.50. The van der Waals surface area contributed by atoms with E-state index >= 15 is 0 Å². The first-order valence-electron chi connectivity index (χ1n) is 7.18. The molecule has 7 heteroatoms. The predicted molar refractivity (Wildman–Crippen MR) is 66.9 cm³/mol. The standard InChI is InChI=1S/C13H20F4N2O/c14-11-7-3-1-2-6-10(13(15,16)17)19(18-11)12-8-4-5-9-20-12/h10,12H,1-9H2/b18-11+. The zero-order valence-corrected chi connectivity index (χ0v) is 11.3. The van der Waals surface area contributed by atoms with Gasteiger partial charge in [0.05, 0.1) is 0 Å². The molecule has 20 heavy (non-hydrogen) atoms. The van der Waals surface area contributed by atoms with Gasteiger partial charge in [0.25, 0.3) is 0 Å². The third-order valence-electron chi connectivity index (χ3n) is 3.73. The molecule has 2 rings (SSSR count). The smallest absolute Gasteiger partial charge is 0.357 e. The first-order chi connectivity index (χ1) is 9.48. The molecule has 2 atom stereocenters. The number of alkyl halides is 3. The van der Waals surface area contributed by atoms with E-state index in [1.807, 2.05) is 0 Å². The monoisotopic (exact) mass is 296 g/mol. The molecule has 0 aromatic rings. The van der Waals surface area contributed by atoms with Gasteiger partial charge in [-0.1, -0.05) is 12.8 Å². The van der Waals surface area contributed by atoms with Crippen LogP contribution in [-0.4, -0.2) is 36.0 Å². The fourth-order valence-corrected chi connectivity index (χ4v) is 2.67. The topological polar surface area (TPSA) is 24.8 Å². The minimum absolute atomic E-state index is 0.0554. The van der Waals surface area contributed by atoms with Crippen LogP contribution in [0.3, 0.4) is 0 Å². The summed E-state index contributed by atoms with van der Waals surface area (Å²) in [6, 6.07) is -1.76. The molecular weight excluding hydrogens is 276 g/mol. The van der Waals surface area contributed by atoms with Gasteiger partial charge in [-0.3, -0.25) is 5.01 Å². The average Bonchev–Trinajstić information content (AvgIpc) is 2.49. The fourth-order valence-electron chi connectivity index (χ4n) is 2.67. The van der Waals surface area contributed by atoms with Gasteiger partial charge < -0.3 is 4.74 Å². The molecule has 0 aromatic carbocycles. The lowest BCUT2D eigenvalue weighted by Gasteiger charge is -2.38. The Bertz CT molecular complexity index is 340. The summed E-state index contributed by atoms with van der Waals surface area (Å²) in [5, 5.41) is 4.44. The molecule has 0 radical (unpaired) electrons. The molecule has 0 saturated carbocycles. The zero-order valence-electron chi connectivity index (χ0n) is 11.3. The number of hydrazone groups is 1. The van der Waals surface area contributed by atoms with E-state index in [1.54, 1.807) is 0 Å². The second-order valence-corrected chi connectivity index (χ2v) is 5.33. The van der Waals surface area contributed by atoms with Crippen molar-refractivity contribution in [2.24, 2.45) is 5.10 Å². The Kier molecular flexibility index (Phi) is 5.23. The molecule has 0 spiro atoms. The summed E-state index contributed by atoms with van der Waals surface area (Å²) < 4.78 is 58.7. The van der Waals surface area contributed by atoms with E-state index < -0.39 is 24.4 Å². The number of rotatable bonds is 1. The van der Waals surface area contributed by atoms with E-state index in [1.165, 1.54) is 0 Å². The van der Waals surface area contributed by atoms with Gasteiger partial charge in [0.1, 0.15) is 12.3 Å². The quantitative estimate of drug-likeness (QED) is 0.683. The van der Waals surface area contributed by atoms with Gasteiger partial charge in [-0.15, -0.1) is 5.10 Å². The first-order valence-corrected chi connectivity index (χ1v) is 7.18. The van der Waals surface area contributed by atoms with Gasteiger partial charge >= 0.3 is 6.18 Å². The Morgan fingerprint density at radius 3 is 2.45 bits per heavy atom. The highest BCUT2D eigenvalue weighted by Gasteiger charge is 2.46. The van der Waals surface area contributed by atoms with Crippen molar-refractivity contribution >= 4 is 5.97 Å². The van der Waals surface area contributed by atoms with Crippen molar-refractivity contribution in [3.63, 3.8) is 0 Å². The minimum atomic E-state index is -4.42. The van der Waals surface area contributed by atoms with Gasteiger partial charge in [0.2, 0.25) is 5.97 Å². The molecule has 1 fully saturated rings. The van der Waals surface area contributed by atoms with Crippen molar-refractivity contribution < 1.29 is 22.3 Å². The number of nitrogens with zero attached hydrogens (tertiary/aromatic N) is 2. The Morgan fingerprint density at radius 1 is 1.05 bits per heavy atom. The summed E-state index contributed by atoms with van der Waals surface area (Å²) in [7, 11) is 0. The predicted octanol–water partition coefficient (Wildman–Crippen LogP) is 3.99. The molecule has 0 N–H and O–H groups in total. The number of ether oxygens (including phenoxy) is 1. The second kappa shape index (κ2) is 6.74. The van der Waals surface area contributed by atoms with E-state index in [2.05, 4.69) is 5.10 Å². The Morgan fingerprint density at radius 2 is 1.80 bits per heavy atom. The molecular formula is C13H20F4N2O. The van der Waals surface area contributed by atoms with E-state index in [-0.39, 0.29) is 12.8 Å². The third kappa shape index (κ3) is 4.07. The van der Waals surface area contributed by atoms with Crippen molar-refractivity contribution in [3.05, 3.63) is 0 Å². The van der Waals surface area contributed by atoms with Gasteiger partial charge in [0.15, 0.2) is 0 Å². The van der Waals surface area contributed by atoms with E-state index in [0.29, 0.717) is 32.3 Å².